The van der Waals surface area contributed by atoms with Crippen molar-refractivity contribution in [1.29, 1.82) is 5.53 Å². The summed E-state index contributed by atoms with van der Waals surface area (Å²) in [6.45, 7) is 2.40. The normalized spacial score (nSPS) is 11.7. The van der Waals surface area contributed by atoms with Crippen LogP contribution in [0.4, 0.5) is 46.5 Å². The SMILES string of the molecule is COCN(c1cc(C)cnc1C(=O)c1c(F)cccc1OC)S(=O)(=O)c1ccc(Cl)c(C(F)(F)F)c1.COc1cccc(F)c1C(=O)c1ncc(C)cc1NS(=O)(=O)c1ccc(Cl)c(C(F)(F)F)c1.N=NN=NCl. The molecule has 6 aromatic rings. The van der Waals surface area contributed by atoms with E-state index in [1.165, 1.54) is 63.0 Å². The van der Waals surface area contributed by atoms with Crippen molar-refractivity contribution in [3.8, 4) is 11.5 Å². The van der Waals surface area contributed by atoms with Gasteiger partial charge in [0.15, 0.2) is 0 Å². The van der Waals surface area contributed by atoms with E-state index in [0.29, 0.717) is 27.6 Å². The summed E-state index contributed by atoms with van der Waals surface area (Å²) in [5, 5.41) is 3.71. The third-order valence-corrected chi connectivity index (χ3v) is 13.3. The lowest BCUT2D eigenvalue weighted by molar-refractivity contribution is -0.138. The molecular formula is C44H35Cl3F8N8O9S2. The largest absolute Gasteiger partial charge is 0.496 e. The summed E-state index contributed by atoms with van der Waals surface area (Å²) < 4.78 is 182. The van der Waals surface area contributed by atoms with Gasteiger partial charge < -0.3 is 14.2 Å². The number of benzene rings is 4. The number of ether oxygens (including phenoxy) is 3. The van der Waals surface area contributed by atoms with Crippen molar-refractivity contribution >= 4 is 78.0 Å². The Labute approximate surface area is 430 Å². The molecule has 0 fully saturated rings. The van der Waals surface area contributed by atoms with Gasteiger partial charge in [0, 0.05) is 19.5 Å². The van der Waals surface area contributed by atoms with Crippen LogP contribution in [0.15, 0.2) is 122 Å². The lowest BCUT2D eigenvalue weighted by atomic mass is 10.0. The lowest BCUT2D eigenvalue weighted by Gasteiger charge is -2.26. The summed E-state index contributed by atoms with van der Waals surface area (Å²) in [5.74, 6) is -4.10. The number of pyridine rings is 2. The van der Waals surface area contributed by atoms with Crippen molar-refractivity contribution in [3.63, 3.8) is 0 Å². The van der Waals surface area contributed by atoms with Crippen LogP contribution in [-0.2, 0) is 37.1 Å². The molecule has 0 aliphatic carbocycles. The Hall–Kier alpha value is -6.91. The number of carbonyl (C=O) groups is 2. The van der Waals surface area contributed by atoms with Gasteiger partial charge in [0.05, 0.1) is 68.3 Å². The molecule has 2 aromatic heterocycles. The Bertz CT molecular complexity index is 3340. The summed E-state index contributed by atoms with van der Waals surface area (Å²) in [6, 6.07) is 13.9. The number of ketones is 2. The highest BCUT2D eigenvalue weighted by molar-refractivity contribution is 7.93. The minimum Gasteiger partial charge on any atom is -0.496 e. The number of aryl methyl sites for hydroxylation is 2. The predicted octanol–water partition coefficient (Wildman–Crippen LogP) is 12.0. The van der Waals surface area contributed by atoms with Gasteiger partial charge in [-0.1, -0.05) is 40.0 Å². The number of nitrogens with one attached hydrogen (secondary N) is 2. The van der Waals surface area contributed by atoms with E-state index >= 15 is 0 Å². The van der Waals surface area contributed by atoms with Gasteiger partial charge in [0.2, 0.25) is 11.6 Å². The molecule has 74 heavy (non-hydrogen) atoms. The van der Waals surface area contributed by atoms with Crippen LogP contribution in [0.3, 0.4) is 0 Å². The first-order chi connectivity index (χ1) is 34.6. The first-order valence-electron chi connectivity index (χ1n) is 19.9. The van der Waals surface area contributed by atoms with Crippen LogP contribution in [0.25, 0.3) is 0 Å². The number of aromatic nitrogens is 2. The molecule has 0 spiro atoms. The van der Waals surface area contributed by atoms with Crippen molar-refractivity contribution < 1.29 is 75.8 Å². The maximum atomic E-state index is 14.6. The average Bonchev–Trinajstić information content (AvgIpc) is 3.32. The van der Waals surface area contributed by atoms with Gasteiger partial charge >= 0.3 is 12.4 Å². The van der Waals surface area contributed by atoms with Crippen LogP contribution >= 0.6 is 35.0 Å². The first-order valence-corrected chi connectivity index (χ1v) is 23.9. The number of hydrogen-bond donors (Lipinski definition) is 2. The van der Waals surface area contributed by atoms with E-state index < -0.39 is 116 Å². The minimum absolute atomic E-state index is 0.108. The van der Waals surface area contributed by atoms with Gasteiger partial charge in [-0.3, -0.25) is 24.3 Å². The van der Waals surface area contributed by atoms with E-state index in [4.69, 9.17) is 42.9 Å². The fourth-order valence-corrected chi connectivity index (χ4v) is 9.25. The number of hydrogen-bond acceptors (Lipinski definition) is 13. The zero-order valence-electron chi connectivity index (χ0n) is 38.3. The van der Waals surface area contributed by atoms with Crippen LogP contribution < -0.4 is 18.5 Å². The molecule has 0 aliphatic rings. The van der Waals surface area contributed by atoms with E-state index in [9.17, 15) is 61.5 Å². The second kappa shape index (κ2) is 24.9. The highest BCUT2D eigenvalue weighted by atomic mass is 35.5. The van der Waals surface area contributed by atoms with E-state index in [2.05, 4.69) is 41.5 Å². The first kappa shape index (κ1) is 59.7. The second-order valence-corrected chi connectivity index (χ2v) is 19.0. The van der Waals surface area contributed by atoms with E-state index in [1.807, 2.05) is 0 Å². The lowest BCUT2D eigenvalue weighted by Crippen LogP contribution is -2.34. The maximum Gasteiger partial charge on any atom is 0.417 e. The van der Waals surface area contributed by atoms with Gasteiger partial charge in [-0.25, -0.2) is 29.9 Å². The number of nitrogens with zero attached hydrogens (tertiary/aromatic N) is 6. The zero-order chi connectivity index (χ0) is 55.5. The fraction of sp³-hybridized carbons (Fsp3) is 0.182. The van der Waals surface area contributed by atoms with Gasteiger partial charge in [0.1, 0.15) is 52.4 Å². The molecule has 0 unspecified atom stereocenters. The molecule has 0 bridgehead atoms. The molecule has 0 amide bonds. The molecule has 394 valence electrons. The Morgan fingerprint density at radius 2 is 1.16 bits per heavy atom. The number of sulfonamides is 2. The van der Waals surface area contributed by atoms with Crippen LogP contribution in [0.1, 0.15) is 54.4 Å². The van der Waals surface area contributed by atoms with E-state index in [0.717, 1.165) is 43.5 Å². The van der Waals surface area contributed by atoms with E-state index in [1.54, 1.807) is 13.8 Å². The monoisotopic (exact) mass is 1140 g/mol. The van der Waals surface area contributed by atoms with Crippen LogP contribution in [-0.4, -0.2) is 66.4 Å². The van der Waals surface area contributed by atoms with Crippen molar-refractivity contribution in [2.24, 2.45) is 15.1 Å². The molecule has 0 radical (unpaired) electrons. The van der Waals surface area contributed by atoms with E-state index in [-0.39, 0.29) is 22.9 Å². The predicted molar refractivity (Wildman–Crippen MR) is 252 cm³/mol. The summed E-state index contributed by atoms with van der Waals surface area (Å²) in [6.07, 6.45) is -7.31. The van der Waals surface area contributed by atoms with Gasteiger partial charge in [-0.05, 0) is 108 Å². The number of methoxy groups -OCH3 is 3. The highest BCUT2D eigenvalue weighted by Gasteiger charge is 2.38. The summed E-state index contributed by atoms with van der Waals surface area (Å²) in [4.78, 5) is 32.8. The molecule has 17 nitrogen and oxygen atoms in total. The molecule has 0 saturated heterocycles. The number of alkyl halides is 6. The number of carbonyl (C=O) groups excluding carboxylic acids is 2. The smallest absolute Gasteiger partial charge is 0.417 e. The molecule has 0 aliphatic heterocycles. The van der Waals surface area contributed by atoms with Crippen molar-refractivity contribution in [1.82, 2.24) is 9.97 Å². The van der Waals surface area contributed by atoms with Crippen LogP contribution in [0, 0.1) is 31.0 Å². The van der Waals surface area contributed by atoms with Crippen LogP contribution in [0.5, 0.6) is 11.5 Å². The minimum atomic E-state index is -4.93. The topological polar surface area (TPSA) is 232 Å². The maximum absolute atomic E-state index is 14.6. The molecular weight excluding hydrogens is 1110 g/mol. The second-order valence-electron chi connectivity index (χ2n) is 14.5. The quantitative estimate of drug-likeness (QED) is 0.0323. The molecule has 0 saturated carbocycles. The molecule has 0 atom stereocenters. The number of anilines is 2. The van der Waals surface area contributed by atoms with Crippen LogP contribution in [0.2, 0.25) is 10.0 Å². The number of rotatable bonds is 15. The molecule has 4 aromatic carbocycles. The molecule has 2 N–H and O–H groups in total. The van der Waals surface area contributed by atoms with Gasteiger partial charge in [-0.2, -0.15) is 31.9 Å². The molecule has 6 rings (SSSR count). The summed E-state index contributed by atoms with van der Waals surface area (Å²) in [5.41, 5.74) is 1.37. The third kappa shape index (κ3) is 14.2. The zero-order valence-corrected chi connectivity index (χ0v) is 42.2. The van der Waals surface area contributed by atoms with Crippen molar-refractivity contribution in [2.75, 3.05) is 37.1 Å². The summed E-state index contributed by atoms with van der Waals surface area (Å²) in [7, 11) is -5.80. The van der Waals surface area contributed by atoms with Crippen molar-refractivity contribution in [3.05, 3.63) is 164 Å². The Morgan fingerprint density at radius 3 is 1.61 bits per heavy atom. The standard InChI is InChI=1S/C23H19ClF4N2O5S.C21H15ClF4N2O4S.ClHN4/c1-13-9-18(21(29-11-13)22(31)20-17(25)5-4-6-19(20)35-3)30(12-34-2)36(32,33)14-7-8-16(24)15(10-14)23(26,27)28;1-11-8-16(19(27-10-11)20(29)18-15(23)4-3-5-17(18)32-2)28-33(30,31)12-6-7-14(22)13(9-12)21(24,25)26;1-3-5-4-2/h4-11H,12H2,1-3H3;3-10,28H,1-2H3;2H. The fourth-order valence-electron chi connectivity index (χ4n) is 6.28. The molecule has 30 heteroatoms. The third-order valence-electron chi connectivity index (χ3n) is 9.53. The summed E-state index contributed by atoms with van der Waals surface area (Å²) >= 11 is 15.7. The Kier molecular flexibility index (Phi) is 20.1. The average molecular weight is 1140 g/mol. The Morgan fingerprint density at radius 1 is 0.703 bits per heavy atom. The van der Waals surface area contributed by atoms with Crippen molar-refractivity contribution in [2.45, 2.75) is 36.0 Å². The molecule has 2 heterocycles. The Balaban J connectivity index is 0.000000294. The highest BCUT2D eigenvalue weighted by Crippen LogP contribution is 2.39. The van der Waals surface area contributed by atoms with Gasteiger partial charge in [-0.15, -0.1) is 0 Å². The number of halogens is 11. The van der Waals surface area contributed by atoms with Gasteiger partial charge in [0.25, 0.3) is 20.0 Å².